The van der Waals surface area contributed by atoms with Crippen LogP contribution in [0.1, 0.15) is 11.1 Å². The molecule has 0 fully saturated rings. The van der Waals surface area contributed by atoms with E-state index in [0.29, 0.717) is 5.70 Å². The largest absolute Gasteiger partial charge is 0.336 e. The molecule has 2 rings (SSSR count). The molecule has 1 heterocycles. The normalized spacial score (nSPS) is 15.2. The molecule has 1 aromatic rings. The van der Waals surface area contributed by atoms with E-state index in [1.165, 1.54) is 0 Å². The Morgan fingerprint density at radius 3 is 2.50 bits per heavy atom. The van der Waals surface area contributed by atoms with Crippen molar-refractivity contribution in [2.45, 2.75) is 13.3 Å². The van der Waals surface area contributed by atoms with Crippen LogP contribution in [-0.2, 0) is 0 Å². The van der Waals surface area contributed by atoms with Gasteiger partial charge in [0.25, 0.3) is 6.43 Å². The van der Waals surface area contributed by atoms with Crippen LogP contribution in [0.5, 0.6) is 0 Å². The van der Waals surface area contributed by atoms with Crippen molar-refractivity contribution in [3.63, 3.8) is 0 Å². The number of nitrogens with zero attached hydrogens (tertiary/aromatic N) is 1. The van der Waals surface area contributed by atoms with E-state index in [1.807, 2.05) is 43.3 Å². The number of rotatable bonds is 3. The highest BCUT2D eigenvalue weighted by Crippen LogP contribution is 2.27. The molecule has 1 aliphatic rings. The lowest BCUT2D eigenvalue weighted by atomic mass is 10.1. The Labute approximate surface area is 106 Å². The Bertz CT molecular complexity index is 498. The summed E-state index contributed by atoms with van der Waals surface area (Å²) in [5.41, 5.74) is 3.42. The highest BCUT2D eigenvalue weighted by atomic mass is 19.3. The van der Waals surface area contributed by atoms with Crippen LogP contribution in [0.25, 0.3) is 5.70 Å². The van der Waals surface area contributed by atoms with Crippen LogP contribution >= 0.6 is 0 Å². The third kappa shape index (κ3) is 2.67. The van der Waals surface area contributed by atoms with Crippen molar-refractivity contribution in [1.29, 1.82) is 0 Å². The molecule has 0 amide bonds. The summed E-state index contributed by atoms with van der Waals surface area (Å²) < 4.78 is 25.2. The molecule has 1 aliphatic heterocycles. The van der Waals surface area contributed by atoms with Gasteiger partial charge in [0, 0.05) is 11.4 Å². The molecule has 0 radical (unpaired) electrons. The van der Waals surface area contributed by atoms with Gasteiger partial charge in [-0.05, 0) is 24.6 Å². The number of alkyl halides is 2. The third-order valence-corrected chi connectivity index (χ3v) is 2.85. The van der Waals surface area contributed by atoms with E-state index in [4.69, 9.17) is 0 Å². The summed E-state index contributed by atoms with van der Waals surface area (Å²) in [4.78, 5) is 1.55. The zero-order chi connectivity index (χ0) is 13.1. The summed E-state index contributed by atoms with van der Waals surface area (Å²) in [6.45, 7) is 5.47. The Kier molecular flexibility index (Phi) is 3.60. The maximum absolute atomic E-state index is 12.6. The standard InChI is InChI=1S/C15H15F2N/c1-11-6-8-13(9-7-11)14-5-3-4-12(2)18(14)10-15(16)17/h3-9,15H,2,10H2,1H3. The van der Waals surface area contributed by atoms with Crippen LogP contribution in [0.15, 0.2) is 54.8 Å². The smallest absolute Gasteiger partial charge is 0.256 e. The first-order valence-electron chi connectivity index (χ1n) is 5.78. The van der Waals surface area contributed by atoms with Gasteiger partial charge >= 0.3 is 0 Å². The molecule has 0 N–H and O–H groups in total. The maximum Gasteiger partial charge on any atom is 0.256 e. The van der Waals surface area contributed by atoms with E-state index in [1.54, 1.807) is 11.0 Å². The molecule has 0 saturated heterocycles. The minimum absolute atomic E-state index is 0.330. The molecule has 0 unspecified atom stereocenters. The fraction of sp³-hybridized carbons (Fsp3) is 0.200. The van der Waals surface area contributed by atoms with Crippen LogP contribution in [0.2, 0.25) is 0 Å². The summed E-state index contributed by atoms with van der Waals surface area (Å²) in [7, 11) is 0. The van der Waals surface area contributed by atoms with Gasteiger partial charge in [0.2, 0.25) is 0 Å². The van der Waals surface area contributed by atoms with Crippen molar-refractivity contribution >= 4 is 5.70 Å². The second kappa shape index (κ2) is 5.17. The Morgan fingerprint density at radius 2 is 1.89 bits per heavy atom. The second-order valence-electron chi connectivity index (χ2n) is 4.27. The molecule has 1 nitrogen and oxygen atoms in total. The lowest BCUT2D eigenvalue weighted by Crippen LogP contribution is -2.27. The lowest BCUT2D eigenvalue weighted by molar-refractivity contribution is 0.123. The van der Waals surface area contributed by atoms with Gasteiger partial charge in [-0.3, -0.25) is 0 Å². The number of allylic oxidation sites excluding steroid dienone is 3. The maximum atomic E-state index is 12.6. The molecule has 1 aromatic carbocycles. The van der Waals surface area contributed by atoms with Gasteiger partial charge in [-0.25, -0.2) is 8.78 Å². The summed E-state index contributed by atoms with van der Waals surface area (Å²) >= 11 is 0. The topological polar surface area (TPSA) is 3.24 Å². The number of hydrogen-bond acceptors (Lipinski definition) is 1. The van der Waals surface area contributed by atoms with Gasteiger partial charge in [0.15, 0.2) is 0 Å². The molecule has 0 atom stereocenters. The molecule has 18 heavy (non-hydrogen) atoms. The zero-order valence-corrected chi connectivity index (χ0v) is 10.2. The number of benzene rings is 1. The first-order valence-corrected chi connectivity index (χ1v) is 5.78. The van der Waals surface area contributed by atoms with Crippen LogP contribution in [-0.4, -0.2) is 17.9 Å². The van der Waals surface area contributed by atoms with Crippen molar-refractivity contribution in [1.82, 2.24) is 4.90 Å². The molecule has 94 valence electrons. The summed E-state index contributed by atoms with van der Waals surface area (Å²) in [5.74, 6) is 0. The molecule has 0 saturated carbocycles. The molecule has 0 aromatic heterocycles. The molecule has 0 bridgehead atoms. The fourth-order valence-corrected chi connectivity index (χ4v) is 1.91. The minimum atomic E-state index is -2.39. The quantitative estimate of drug-likeness (QED) is 0.780. The van der Waals surface area contributed by atoms with Crippen molar-refractivity contribution in [2.75, 3.05) is 6.54 Å². The van der Waals surface area contributed by atoms with Crippen LogP contribution in [0.3, 0.4) is 0 Å². The van der Waals surface area contributed by atoms with E-state index < -0.39 is 6.43 Å². The lowest BCUT2D eigenvalue weighted by Gasteiger charge is -2.29. The molecular weight excluding hydrogens is 232 g/mol. The van der Waals surface area contributed by atoms with Gasteiger partial charge in [-0.15, -0.1) is 0 Å². The predicted molar refractivity (Wildman–Crippen MR) is 70.1 cm³/mol. The Balaban J connectivity index is 2.33. The van der Waals surface area contributed by atoms with Gasteiger partial charge in [0.05, 0.1) is 6.54 Å². The highest BCUT2D eigenvalue weighted by molar-refractivity contribution is 5.69. The third-order valence-electron chi connectivity index (χ3n) is 2.85. The summed E-state index contributed by atoms with van der Waals surface area (Å²) in [6.07, 6.45) is 3.02. The number of hydrogen-bond donors (Lipinski definition) is 0. The minimum Gasteiger partial charge on any atom is -0.336 e. The van der Waals surface area contributed by atoms with Crippen molar-refractivity contribution in [2.24, 2.45) is 0 Å². The van der Waals surface area contributed by atoms with E-state index in [0.717, 1.165) is 16.8 Å². The van der Waals surface area contributed by atoms with Crippen molar-refractivity contribution < 1.29 is 8.78 Å². The Hall–Kier alpha value is -1.90. The van der Waals surface area contributed by atoms with Crippen LogP contribution < -0.4 is 0 Å². The van der Waals surface area contributed by atoms with E-state index in [-0.39, 0.29) is 6.54 Å². The molecule has 0 aliphatic carbocycles. The monoisotopic (exact) mass is 247 g/mol. The first-order chi connectivity index (χ1) is 8.58. The molecular formula is C15H15F2N. The van der Waals surface area contributed by atoms with Gasteiger partial charge < -0.3 is 4.90 Å². The Morgan fingerprint density at radius 1 is 1.22 bits per heavy atom. The average Bonchev–Trinajstić information content (AvgIpc) is 2.32. The van der Waals surface area contributed by atoms with Crippen LogP contribution in [0.4, 0.5) is 8.78 Å². The first kappa shape index (κ1) is 12.6. The predicted octanol–water partition coefficient (Wildman–Crippen LogP) is 3.99. The van der Waals surface area contributed by atoms with Crippen molar-refractivity contribution in [3.05, 3.63) is 65.9 Å². The van der Waals surface area contributed by atoms with E-state index >= 15 is 0 Å². The highest BCUT2D eigenvalue weighted by Gasteiger charge is 2.19. The van der Waals surface area contributed by atoms with Gasteiger partial charge in [-0.2, -0.15) is 0 Å². The van der Waals surface area contributed by atoms with E-state index in [2.05, 4.69) is 6.58 Å². The molecule has 3 heteroatoms. The second-order valence-corrected chi connectivity index (χ2v) is 4.27. The summed E-state index contributed by atoms with van der Waals surface area (Å²) in [6, 6.07) is 7.81. The number of aryl methyl sites for hydroxylation is 1. The van der Waals surface area contributed by atoms with Gasteiger partial charge in [0.1, 0.15) is 0 Å². The molecule has 0 spiro atoms. The summed E-state index contributed by atoms with van der Waals surface area (Å²) in [5, 5.41) is 0. The fourth-order valence-electron chi connectivity index (χ4n) is 1.91. The van der Waals surface area contributed by atoms with Crippen LogP contribution in [0, 0.1) is 6.92 Å². The van der Waals surface area contributed by atoms with Gasteiger partial charge in [-0.1, -0.05) is 42.5 Å². The van der Waals surface area contributed by atoms with E-state index in [9.17, 15) is 8.78 Å². The average molecular weight is 247 g/mol. The van der Waals surface area contributed by atoms with Crippen molar-refractivity contribution in [3.8, 4) is 0 Å². The SMILES string of the molecule is C=C1C=CC=C(c2ccc(C)cc2)N1CC(F)F. The zero-order valence-electron chi connectivity index (χ0n) is 10.2. The number of halogens is 2.